The van der Waals surface area contributed by atoms with E-state index in [4.69, 9.17) is 0 Å². The van der Waals surface area contributed by atoms with Crippen LogP contribution in [0.25, 0.3) is 5.76 Å². The summed E-state index contributed by atoms with van der Waals surface area (Å²) in [6, 6.07) is 22.7. The highest BCUT2D eigenvalue weighted by atomic mass is 16.3. The van der Waals surface area contributed by atoms with Crippen LogP contribution in [0, 0.1) is 5.41 Å². The molecule has 2 unspecified atom stereocenters. The van der Waals surface area contributed by atoms with E-state index in [9.17, 15) is 15.0 Å². The monoisotopic (exact) mass is 382 g/mol. The molecule has 0 aromatic heterocycles. The van der Waals surface area contributed by atoms with E-state index in [0.717, 1.165) is 16.7 Å². The zero-order chi connectivity index (χ0) is 20.2. The third kappa shape index (κ3) is 2.37. The summed E-state index contributed by atoms with van der Waals surface area (Å²) in [5.41, 5.74) is 3.76. The van der Waals surface area contributed by atoms with Crippen molar-refractivity contribution in [2.24, 2.45) is 5.41 Å². The van der Waals surface area contributed by atoms with Crippen LogP contribution in [0.5, 0.6) is 0 Å². The molecule has 0 saturated heterocycles. The normalized spacial score (nSPS) is 23.0. The molecule has 3 aromatic rings. The van der Waals surface area contributed by atoms with Crippen molar-refractivity contribution in [3.63, 3.8) is 0 Å². The summed E-state index contributed by atoms with van der Waals surface area (Å²) in [6.45, 7) is 2.03. The number of hydrogen-bond acceptors (Lipinski definition) is 3. The maximum atomic E-state index is 13.1. The Hall–Kier alpha value is -3.17. The summed E-state index contributed by atoms with van der Waals surface area (Å²) in [7, 11) is 0. The summed E-state index contributed by atoms with van der Waals surface area (Å²) in [6.07, 6.45) is 1.61. The predicted octanol–water partition coefficient (Wildman–Crippen LogP) is 5.41. The molecule has 29 heavy (non-hydrogen) atoms. The van der Waals surface area contributed by atoms with Crippen molar-refractivity contribution in [3.05, 3.63) is 112 Å². The van der Waals surface area contributed by atoms with E-state index in [0.29, 0.717) is 23.1 Å². The van der Waals surface area contributed by atoms with Crippen LogP contribution in [0.1, 0.15) is 63.5 Å². The number of ketones is 1. The Kier molecular flexibility index (Phi) is 3.97. The first kappa shape index (κ1) is 17.9. The highest BCUT2D eigenvalue weighted by Crippen LogP contribution is 2.58. The van der Waals surface area contributed by atoms with E-state index < -0.39 is 11.5 Å². The number of aliphatic hydroxyl groups excluding tert-OH is 2. The molecule has 0 fully saturated rings. The van der Waals surface area contributed by atoms with Gasteiger partial charge in [0, 0.05) is 28.0 Å². The average Bonchev–Trinajstić information content (AvgIpc) is 2.77. The SMILES string of the molecule is CCC1(C2c3ccccc3C(=O)c3ccccc32)C=C(O)c2ccccc2C1O. The fourth-order valence-corrected chi connectivity index (χ4v) is 5.21. The lowest BCUT2D eigenvalue weighted by atomic mass is 9.57. The molecule has 0 aliphatic heterocycles. The van der Waals surface area contributed by atoms with E-state index in [-0.39, 0.29) is 17.5 Å². The van der Waals surface area contributed by atoms with E-state index in [1.165, 1.54) is 0 Å². The fraction of sp³-hybridized carbons (Fsp3) is 0.192. The zero-order valence-corrected chi connectivity index (χ0v) is 16.2. The molecule has 0 saturated carbocycles. The van der Waals surface area contributed by atoms with Gasteiger partial charge in [0.05, 0.1) is 6.10 Å². The standard InChI is InChI=1S/C26H22O3/c1-2-26(15-22(27)16-9-3-8-14-21(16)25(26)29)23-17-10-4-6-12-19(17)24(28)20-13-7-5-11-18(20)23/h3-15,23,25,27,29H,2H2,1H3. The third-order valence-corrected chi connectivity index (χ3v) is 6.63. The third-order valence-electron chi connectivity index (χ3n) is 6.63. The smallest absolute Gasteiger partial charge is 0.193 e. The van der Waals surface area contributed by atoms with Gasteiger partial charge in [-0.25, -0.2) is 0 Å². The molecule has 144 valence electrons. The van der Waals surface area contributed by atoms with Crippen LogP contribution in [-0.4, -0.2) is 16.0 Å². The lowest BCUT2D eigenvalue weighted by molar-refractivity contribution is 0.0376. The van der Waals surface area contributed by atoms with E-state index in [1.54, 1.807) is 0 Å². The van der Waals surface area contributed by atoms with Gasteiger partial charge in [-0.3, -0.25) is 4.79 Å². The van der Waals surface area contributed by atoms with Gasteiger partial charge in [0.1, 0.15) is 5.76 Å². The van der Waals surface area contributed by atoms with Crippen LogP contribution in [0.15, 0.2) is 78.9 Å². The Morgan fingerprint density at radius 2 is 1.28 bits per heavy atom. The van der Waals surface area contributed by atoms with Gasteiger partial charge in [0.2, 0.25) is 0 Å². The number of carbonyl (C=O) groups excluding carboxylic acids is 1. The molecule has 0 radical (unpaired) electrons. The second-order valence-electron chi connectivity index (χ2n) is 7.92. The Balaban J connectivity index is 1.82. The minimum Gasteiger partial charge on any atom is -0.508 e. The van der Waals surface area contributed by atoms with Gasteiger partial charge in [-0.15, -0.1) is 0 Å². The van der Waals surface area contributed by atoms with Gasteiger partial charge >= 0.3 is 0 Å². The van der Waals surface area contributed by atoms with Crippen LogP contribution in [0.4, 0.5) is 0 Å². The lowest BCUT2D eigenvalue weighted by Gasteiger charge is -2.47. The highest BCUT2D eigenvalue weighted by Gasteiger charge is 2.50. The van der Waals surface area contributed by atoms with Crippen LogP contribution in [-0.2, 0) is 0 Å². The molecule has 0 amide bonds. The molecule has 0 heterocycles. The number of aliphatic hydroxyl groups is 2. The molecule has 2 aliphatic carbocycles. The van der Waals surface area contributed by atoms with Crippen LogP contribution < -0.4 is 0 Å². The largest absolute Gasteiger partial charge is 0.508 e. The summed E-state index contributed by atoms with van der Waals surface area (Å²) >= 11 is 0. The molecule has 0 spiro atoms. The topological polar surface area (TPSA) is 57.5 Å². The first-order chi connectivity index (χ1) is 14.1. The molecule has 2 aliphatic rings. The molecule has 3 aromatic carbocycles. The van der Waals surface area contributed by atoms with Gasteiger partial charge in [-0.05, 0) is 29.2 Å². The van der Waals surface area contributed by atoms with Crippen molar-refractivity contribution in [2.75, 3.05) is 0 Å². The van der Waals surface area contributed by atoms with Crippen molar-refractivity contribution in [3.8, 4) is 0 Å². The van der Waals surface area contributed by atoms with Gasteiger partial charge < -0.3 is 10.2 Å². The fourth-order valence-electron chi connectivity index (χ4n) is 5.21. The number of fused-ring (bicyclic) bond motifs is 3. The van der Waals surface area contributed by atoms with E-state index in [2.05, 4.69) is 0 Å². The number of carbonyl (C=O) groups is 1. The van der Waals surface area contributed by atoms with Gasteiger partial charge in [0.15, 0.2) is 5.78 Å². The van der Waals surface area contributed by atoms with Crippen molar-refractivity contribution in [1.82, 2.24) is 0 Å². The summed E-state index contributed by atoms with van der Waals surface area (Å²) in [5.74, 6) is -0.0553. The molecule has 3 nitrogen and oxygen atoms in total. The summed E-state index contributed by atoms with van der Waals surface area (Å²) in [5, 5.41) is 22.5. The predicted molar refractivity (Wildman–Crippen MR) is 113 cm³/mol. The quantitative estimate of drug-likeness (QED) is 0.623. The van der Waals surface area contributed by atoms with Gasteiger partial charge in [0.25, 0.3) is 0 Å². The molecule has 3 heteroatoms. The summed E-state index contributed by atoms with van der Waals surface area (Å²) < 4.78 is 0. The van der Waals surface area contributed by atoms with E-state index in [1.807, 2.05) is 85.8 Å². The zero-order valence-electron chi connectivity index (χ0n) is 16.2. The highest BCUT2D eigenvalue weighted by molar-refractivity contribution is 6.12. The molecular weight excluding hydrogens is 360 g/mol. The molecule has 2 N–H and O–H groups in total. The first-order valence-corrected chi connectivity index (χ1v) is 10.00. The lowest BCUT2D eigenvalue weighted by Crippen LogP contribution is -2.39. The van der Waals surface area contributed by atoms with Crippen LogP contribution in [0.3, 0.4) is 0 Å². The number of hydrogen-bond donors (Lipinski definition) is 2. The van der Waals surface area contributed by atoms with Crippen molar-refractivity contribution in [2.45, 2.75) is 25.4 Å². The molecule has 0 bridgehead atoms. The van der Waals surface area contributed by atoms with Crippen molar-refractivity contribution < 1.29 is 15.0 Å². The minimum atomic E-state index is -0.807. The minimum absolute atomic E-state index is 0.0117. The average molecular weight is 382 g/mol. The number of rotatable bonds is 2. The first-order valence-electron chi connectivity index (χ1n) is 10.00. The van der Waals surface area contributed by atoms with Crippen LogP contribution >= 0.6 is 0 Å². The van der Waals surface area contributed by atoms with E-state index >= 15 is 0 Å². The summed E-state index contributed by atoms with van der Waals surface area (Å²) in [4.78, 5) is 13.1. The maximum absolute atomic E-state index is 13.1. The number of benzene rings is 3. The Morgan fingerprint density at radius 1 is 0.793 bits per heavy atom. The van der Waals surface area contributed by atoms with Crippen LogP contribution in [0.2, 0.25) is 0 Å². The Labute approximate surface area is 170 Å². The Morgan fingerprint density at radius 3 is 1.83 bits per heavy atom. The second kappa shape index (κ2) is 6.43. The molecular formula is C26H22O3. The van der Waals surface area contributed by atoms with Gasteiger partial charge in [-0.1, -0.05) is 79.7 Å². The van der Waals surface area contributed by atoms with Crippen molar-refractivity contribution in [1.29, 1.82) is 0 Å². The molecule has 5 rings (SSSR count). The maximum Gasteiger partial charge on any atom is 0.193 e. The van der Waals surface area contributed by atoms with Gasteiger partial charge in [-0.2, -0.15) is 0 Å². The Bertz CT molecular complexity index is 1110. The second-order valence-corrected chi connectivity index (χ2v) is 7.92. The van der Waals surface area contributed by atoms with Crippen molar-refractivity contribution >= 4 is 11.5 Å². The molecule has 2 atom stereocenters.